The summed E-state index contributed by atoms with van der Waals surface area (Å²) in [4.78, 5) is 24.6. The van der Waals surface area contributed by atoms with Crippen LogP contribution in [0.2, 0.25) is 0 Å². The van der Waals surface area contributed by atoms with Crippen molar-refractivity contribution in [3.8, 4) is 0 Å². The Morgan fingerprint density at radius 3 is 2.27 bits per heavy atom. The Kier molecular flexibility index (Phi) is 6.70. The lowest BCUT2D eigenvalue weighted by molar-refractivity contribution is -0.112. The number of aliphatic hydroxyl groups excluding tert-OH is 1. The second-order valence-electron chi connectivity index (χ2n) is 5.32. The number of hydrogen-bond acceptors (Lipinski definition) is 5. The molecule has 0 spiro atoms. The zero-order valence-corrected chi connectivity index (χ0v) is 14.5. The van der Waals surface area contributed by atoms with E-state index in [1.807, 2.05) is 36.4 Å². The molecule has 0 heterocycles. The Morgan fingerprint density at radius 2 is 1.65 bits per heavy atom. The van der Waals surface area contributed by atoms with Crippen LogP contribution in [0, 0.1) is 0 Å². The number of para-hydroxylation sites is 1. The minimum atomic E-state index is -0.480. The summed E-state index contributed by atoms with van der Waals surface area (Å²) in [5.74, 6) is -0.453. The number of carbonyl (C=O) groups is 1. The molecule has 0 aromatic heterocycles. The lowest BCUT2D eigenvalue weighted by Crippen LogP contribution is -2.16. The van der Waals surface area contributed by atoms with Gasteiger partial charge in [0.05, 0.1) is 6.61 Å². The first-order chi connectivity index (χ1) is 12.6. The Labute approximate surface area is 152 Å². The average Bonchev–Trinajstić information content (AvgIpc) is 2.68. The molecule has 2 rings (SSSR count). The Bertz CT molecular complexity index is 860. The van der Waals surface area contributed by atoms with Gasteiger partial charge >= 0.3 is 0 Å². The summed E-state index contributed by atoms with van der Waals surface area (Å²) < 4.78 is 0. The monoisotopic (exact) mass is 348 g/mol. The summed E-state index contributed by atoms with van der Waals surface area (Å²) in [7, 11) is 0. The van der Waals surface area contributed by atoms with Crippen molar-refractivity contribution >= 4 is 30.7 Å². The van der Waals surface area contributed by atoms with E-state index in [-0.39, 0.29) is 18.1 Å². The highest BCUT2D eigenvalue weighted by atomic mass is 16.3. The van der Waals surface area contributed by atoms with Gasteiger partial charge in [0.2, 0.25) is 0 Å². The van der Waals surface area contributed by atoms with E-state index in [0.717, 1.165) is 5.56 Å². The number of hydrogen-bond donors (Lipinski definition) is 2. The van der Waals surface area contributed by atoms with Gasteiger partial charge < -0.3 is 10.4 Å². The third-order valence-electron chi connectivity index (χ3n) is 3.62. The molecule has 26 heavy (non-hydrogen) atoms. The van der Waals surface area contributed by atoms with Gasteiger partial charge in [0.15, 0.2) is 11.5 Å². The van der Waals surface area contributed by atoms with E-state index in [1.54, 1.807) is 25.1 Å². The van der Waals surface area contributed by atoms with Gasteiger partial charge in [-0.1, -0.05) is 42.5 Å². The van der Waals surface area contributed by atoms with E-state index in [9.17, 15) is 9.90 Å². The molecule has 6 heteroatoms. The maximum atomic E-state index is 12.7. The number of benzene rings is 2. The molecular formula is C20H20N4O2. The third kappa shape index (κ3) is 4.58. The second-order valence-corrected chi connectivity index (χ2v) is 5.32. The molecule has 0 unspecified atom stereocenters. The predicted octanol–water partition coefficient (Wildman–Crippen LogP) is 3.20. The topological polar surface area (TPSA) is 86.4 Å². The highest BCUT2D eigenvalue weighted by Gasteiger charge is 2.16. The van der Waals surface area contributed by atoms with E-state index in [2.05, 4.69) is 33.7 Å². The summed E-state index contributed by atoms with van der Waals surface area (Å²) in [6, 6.07) is 16.3. The van der Waals surface area contributed by atoms with Crippen LogP contribution in [0.4, 0.5) is 5.69 Å². The van der Waals surface area contributed by atoms with Gasteiger partial charge in [-0.05, 0) is 38.1 Å². The highest BCUT2D eigenvalue weighted by Crippen LogP contribution is 2.17. The van der Waals surface area contributed by atoms with E-state index < -0.39 is 5.91 Å². The van der Waals surface area contributed by atoms with Crippen LogP contribution in [0.25, 0.3) is 0 Å². The molecule has 2 N–H and O–H groups in total. The van der Waals surface area contributed by atoms with E-state index in [0.29, 0.717) is 17.0 Å². The number of carbonyl (C=O) groups excluding carboxylic acids is 1. The number of aliphatic imine (C=N–C) groups is 3. The van der Waals surface area contributed by atoms with E-state index in [1.165, 1.54) is 0 Å². The van der Waals surface area contributed by atoms with Crippen LogP contribution >= 0.6 is 0 Å². The lowest BCUT2D eigenvalue weighted by atomic mass is 10.0. The first-order valence-electron chi connectivity index (χ1n) is 7.89. The van der Waals surface area contributed by atoms with Crippen molar-refractivity contribution < 1.29 is 9.90 Å². The van der Waals surface area contributed by atoms with Crippen LogP contribution in [0.1, 0.15) is 18.1 Å². The van der Waals surface area contributed by atoms with Crippen molar-refractivity contribution in [2.24, 2.45) is 15.0 Å². The molecule has 6 nitrogen and oxygen atoms in total. The van der Waals surface area contributed by atoms with Crippen LogP contribution < -0.4 is 5.32 Å². The maximum Gasteiger partial charge on any atom is 0.278 e. The smallest absolute Gasteiger partial charge is 0.278 e. The van der Waals surface area contributed by atoms with Gasteiger partial charge in [-0.2, -0.15) is 0 Å². The van der Waals surface area contributed by atoms with Crippen LogP contribution in [0.5, 0.6) is 0 Å². The molecule has 0 radical (unpaired) electrons. The van der Waals surface area contributed by atoms with Gasteiger partial charge in [0, 0.05) is 17.0 Å². The Morgan fingerprint density at radius 1 is 1.04 bits per heavy atom. The number of amides is 1. The van der Waals surface area contributed by atoms with Crippen LogP contribution in [-0.2, 0) is 11.4 Å². The number of nitrogens with one attached hydrogen (secondary N) is 1. The maximum absolute atomic E-state index is 12.7. The standard InChI is InChI=1S/C20H20N4O2/c1-14(17-12-8-7-9-15(17)13-25)23-18(19(21-2)22-3)20(26)24-16-10-5-4-6-11-16/h4-12,25H,2-3,13H2,1H3,(H,24,26). The SMILES string of the molecule is C=NC(N=C)=C(N=C(C)c1ccccc1CO)C(=O)Nc1ccccc1. The molecule has 0 aliphatic carbocycles. The predicted molar refractivity (Wildman–Crippen MR) is 106 cm³/mol. The summed E-state index contributed by atoms with van der Waals surface area (Å²) in [6.45, 7) is 8.46. The highest BCUT2D eigenvalue weighted by molar-refractivity contribution is 6.08. The van der Waals surface area contributed by atoms with Gasteiger partial charge in [-0.15, -0.1) is 0 Å². The van der Waals surface area contributed by atoms with Gasteiger partial charge in [-0.3, -0.25) is 4.79 Å². The molecule has 0 saturated heterocycles. The quantitative estimate of drug-likeness (QED) is 0.595. The first kappa shape index (κ1) is 19.0. The number of aliphatic hydroxyl groups is 1. The first-order valence-corrected chi connectivity index (χ1v) is 7.89. The van der Waals surface area contributed by atoms with Crippen LogP contribution in [0.15, 0.2) is 81.1 Å². The largest absolute Gasteiger partial charge is 0.392 e. The molecular weight excluding hydrogens is 328 g/mol. The Balaban J connectivity index is 2.46. The van der Waals surface area contributed by atoms with Crippen LogP contribution in [0.3, 0.4) is 0 Å². The average molecular weight is 348 g/mol. The molecule has 0 aliphatic heterocycles. The lowest BCUT2D eigenvalue weighted by Gasteiger charge is -2.10. The van der Waals surface area contributed by atoms with Crippen molar-refractivity contribution in [2.45, 2.75) is 13.5 Å². The van der Waals surface area contributed by atoms with Crippen LogP contribution in [-0.4, -0.2) is 30.2 Å². The zero-order valence-electron chi connectivity index (χ0n) is 14.5. The third-order valence-corrected chi connectivity index (χ3v) is 3.62. The van der Waals surface area contributed by atoms with Crippen molar-refractivity contribution in [3.05, 3.63) is 77.2 Å². The number of nitrogens with zero attached hydrogens (tertiary/aromatic N) is 3. The van der Waals surface area contributed by atoms with Gasteiger partial charge in [0.25, 0.3) is 5.91 Å². The molecule has 0 bridgehead atoms. The minimum absolute atomic E-state index is 0.0101. The molecule has 1 amide bonds. The number of anilines is 1. The molecule has 2 aromatic carbocycles. The van der Waals surface area contributed by atoms with Crippen molar-refractivity contribution in [3.63, 3.8) is 0 Å². The Hall–Kier alpha value is -3.38. The molecule has 0 fully saturated rings. The van der Waals surface area contributed by atoms with E-state index >= 15 is 0 Å². The summed E-state index contributed by atoms with van der Waals surface area (Å²) in [5.41, 5.74) is 2.58. The summed E-state index contributed by atoms with van der Waals surface area (Å²) in [6.07, 6.45) is 0. The molecule has 0 atom stereocenters. The van der Waals surface area contributed by atoms with Crippen molar-refractivity contribution in [1.29, 1.82) is 0 Å². The molecule has 2 aromatic rings. The molecule has 132 valence electrons. The second kappa shape index (κ2) is 9.19. The fourth-order valence-corrected chi connectivity index (χ4v) is 2.35. The van der Waals surface area contributed by atoms with Crippen molar-refractivity contribution in [2.75, 3.05) is 5.32 Å². The minimum Gasteiger partial charge on any atom is -0.392 e. The van der Waals surface area contributed by atoms with E-state index in [4.69, 9.17) is 0 Å². The molecule has 0 saturated carbocycles. The normalized spacial score (nSPS) is 10.8. The fraction of sp³-hybridized carbons (Fsp3) is 0.100. The van der Waals surface area contributed by atoms with Gasteiger partial charge in [-0.25, -0.2) is 15.0 Å². The zero-order chi connectivity index (χ0) is 18.9. The molecule has 0 aliphatic rings. The summed E-state index contributed by atoms with van der Waals surface area (Å²) in [5, 5.41) is 12.3. The van der Waals surface area contributed by atoms with Crippen molar-refractivity contribution in [1.82, 2.24) is 0 Å². The number of rotatable bonds is 7. The van der Waals surface area contributed by atoms with Gasteiger partial charge in [0.1, 0.15) is 0 Å². The summed E-state index contributed by atoms with van der Waals surface area (Å²) >= 11 is 0. The fourth-order valence-electron chi connectivity index (χ4n) is 2.35.